The van der Waals surface area contributed by atoms with Gasteiger partial charge in [0.1, 0.15) is 5.56 Å². The van der Waals surface area contributed by atoms with Crippen LogP contribution in [0.15, 0.2) is 54.6 Å². The van der Waals surface area contributed by atoms with Crippen molar-refractivity contribution < 1.29 is 19.8 Å². The van der Waals surface area contributed by atoms with Crippen molar-refractivity contribution >= 4 is 23.5 Å². The van der Waals surface area contributed by atoms with Crippen LogP contribution in [0.2, 0.25) is 5.02 Å². The summed E-state index contributed by atoms with van der Waals surface area (Å²) in [5.41, 5.74) is 0.376. The van der Waals surface area contributed by atoms with E-state index in [1.165, 1.54) is 4.68 Å². The van der Waals surface area contributed by atoms with Crippen LogP contribution in [-0.4, -0.2) is 31.9 Å². The van der Waals surface area contributed by atoms with E-state index in [4.69, 9.17) is 11.6 Å². The van der Waals surface area contributed by atoms with Crippen LogP contribution in [0.5, 0.6) is 0 Å². The first-order valence-electron chi connectivity index (χ1n) is 6.90. The van der Waals surface area contributed by atoms with Gasteiger partial charge in [-0.05, 0) is 24.3 Å². The molecule has 3 rings (SSSR count). The van der Waals surface area contributed by atoms with Gasteiger partial charge in [0.15, 0.2) is 5.69 Å². The molecule has 0 bridgehead atoms. The Kier molecular flexibility index (Phi) is 4.05. The molecule has 0 aliphatic carbocycles. The Morgan fingerprint density at radius 2 is 1.54 bits per heavy atom. The Hall–Kier alpha value is -3.12. The molecular weight excluding hydrogens is 332 g/mol. The molecule has 0 spiro atoms. The quantitative estimate of drug-likeness (QED) is 0.755. The number of carbonyl (C=O) groups is 2. The summed E-state index contributed by atoms with van der Waals surface area (Å²) < 4.78 is 1.30. The minimum absolute atomic E-state index is 0.197. The van der Waals surface area contributed by atoms with E-state index in [1.54, 1.807) is 54.6 Å². The van der Waals surface area contributed by atoms with Crippen LogP contribution in [0, 0.1) is 0 Å². The lowest BCUT2D eigenvalue weighted by Gasteiger charge is -2.08. The Labute approximate surface area is 141 Å². The van der Waals surface area contributed by atoms with Crippen molar-refractivity contribution in [3.05, 3.63) is 70.9 Å². The van der Waals surface area contributed by atoms with E-state index < -0.39 is 17.6 Å². The second kappa shape index (κ2) is 6.17. The third kappa shape index (κ3) is 2.75. The van der Waals surface area contributed by atoms with Crippen molar-refractivity contribution in [1.29, 1.82) is 0 Å². The SMILES string of the molecule is O=C(O)c1nn(-c2ccc(Cl)cc2)c(-c2ccccc2)c1C(=O)O. The minimum atomic E-state index is -1.41. The van der Waals surface area contributed by atoms with Gasteiger partial charge in [0.2, 0.25) is 0 Å². The second-order valence-electron chi connectivity index (χ2n) is 4.94. The van der Waals surface area contributed by atoms with E-state index in [-0.39, 0.29) is 11.3 Å². The molecule has 0 saturated heterocycles. The fourth-order valence-electron chi connectivity index (χ4n) is 2.40. The number of halogens is 1. The van der Waals surface area contributed by atoms with Crippen LogP contribution in [0.3, 0.4) is 0 Å². The Morgan fingerprint density at radius 1 is 0.917 bits per heavy atom. The van der Waals surface area contributed by atoms with Crippen LogP contribution in [-0.2, 0) is 0 Å². The van der Waals surface area contributed by atoms with Crippen LogP contribution >= 0.6 is 11.6 Å². The summed E-state index contributed by atoms with van der Waals surface area (Å²) in [5, 5.41) is 23.4. The van der Waals surface area contributed by atoms with Gasteiger partial charge in [0.25, 0.3) is 0 Å². The smallest absolute Gasteiger partial charge is 0.357 e. The first-order valence-corrected chi connectivity index (χ1v) is 7.28. The lowest BCUT2D eigenvalue weighted by molar-refractivity contribution is 0.0648. The zero-order chi connectivity index (χ0) is 17.3. The van der Waals surface area contributed by atoms with Crippen LogP contribution in [0.25, 0.3) is 16.9 Å². The molecule has 0 radical (unpaired) electrons. The van der Waals surface area contributed by atoms with Gasteiger partial charge in [-0.3, -0.25) is 0 Å². The molecule has 0 amide bonds. The van der Waals surface area contributed by atoms with Crippen LogP contribution in [0.4, 0.5) is 0 Å². The molecule has 2 N–H and O–H groups in total. The summed E-state index contributed by atoms with van der Waals surface area (Å²) in [6, 6.07) is 15.2. The number of aromatic nitrogens is 2. The van der Waals surface area contributed by atoms with Gasteiger partial charge in [-0.15, -0.1) is 0 Å². The molecule has 2 aromatic carbocycles. The van der Waals surface area contributed by atoms with E-state index >= 15 is 0 Å². The highest BCUT2D eigenvalue weighted by Crippen LogP contribution is 2.29. The van der Waals surface area contributed by atoms with E-state index in [9.17, 15) is 19.8 Å². The molecule has 1 aromatic heterocycles. The molecule has 0 aliphatic rings. The molecule has 3 aromatic rings. The minimum Gasteiger partial charge on any atom is -0.478 e. The van der Waals surface area contributed by atoms with Gasteiger partial charge in [-0.25, -0.2) is 14.3 Å². The molecule has 0 unspecified atom stereocenters. The highest BCUT2D eigenvalue weighted by atomic mass is 35.5. The molecule has 24 heavy (non-hydrogen) atoms. The fraction of sp³-hybridized carbons (Fsp3) is 0. The molecule has 0 fully saturated rings. The van der Waals surface area contributed by atoms with Crippen molar-refractivity contribution in [2.45, 2.75) is 0 Å². The third-order valence-electron chi connectivity index (χ3n) is 3.42. The van der Waals surface area contributed by atoms with E-state index in [2.05, 4.69) is 5.10 Å². The third-order valence-corrected chi connectivity index (χ3v) is 3.67. The van der Waals surface area contributed by atoms with Crippen molar-refractivity contribution in [1.82, 2.24) is 9.78 Å². The molecule has 120 valence electrons. The number of hydrogen-bond donors (Lipinski definition) is 2. The van der Waals surface area contributed by atoms with Gasteiger partial charge < -0.3 is 10.2 Å². The summed E-state index contributed by atoms with van der Waals surface area (Å²) >= 11 is 5.88. The molecule has 0 atom stereocenters. The van der Waals surface area contributed by atoms with Crippen molar-refractivity contribution in [2.75, 3.05) is 0 Å². The standard InChI is InChI=1S/C17H11ClN2O4/c18-11-6-8-12(9-7-11)20-15(10-4-2-1-3-5-10)13(16(21)22)14(19-20)17(23)24/h1-9H,(H,21,22)(H,23,24). The second-order valence-corrected chi connectivity index (χ2v) is 5.37. The lowest BCUT2D eigenvalue weighted by atomic mass is 10.1. The number of rotatable bonds is 4. The maximum Gasteiger partial charge on any atom is 0.357 e. The Morgan fingerprint density at radius 3 is 2.08 bits per heavy atom. The van der Waals surface area contributed by atoms with Gasteiger partial charge in [-0.1, -0.05) is 41.9 Å². The number of nitrogens with zero attached hydrogens (tertiary/aromatic N) is 2. The zero-order valence-corrected chi connectivity index (χ0v) is 12.9. The average Bonchev–Trinajstić information content (AvgIpc) is 2.97. The maximum atomic E-state index is 11.7. The first-order chi connectivity index (χ1) is 11.5. The molecule has 0 saturated carbocycles. The van der Waals surface area contributed by atoms with Crippen molar-refractivity contribution in [3.8, 4) is 16.9 Å². The topological polar surface area (TPSA) is 92.4 Å². The van der Waals surface area contributed by atoms with Gasteiger partial charge >= 0.3 is 11.9 Å². The summed E-state index contributed by atoms with van der Waals surface area (Å²) in [7, 11) is 0. The zero-order valence-electron chi connectivity index (χ0n) is 12.2. The molecule has 6 nitrogen and oxygen atoms in total. The lowest BCUT2D eigenvalue weighted by Crippen LogP contribution is -2.07. The predicted molar refractivity (Wildman–Crippen MR) is 87.9 cm³/mol. The summed E-state index contributed by atoms with van der Waals surface area (Å²) in [5.74, 6) is -2.76. The number of carboxylic acid groups (broad SMARTS) is 2. The maximum absolute atomic E-state index is 11.7. The van der Waals surface area contributed by atoms with Gasteiger partial charge in [0, 0.05) is 10.6 Å². The predicted octanol–water partition coefficient (Wildman–Crippen LogP) is 3.59. The monoisotopic (exact) mass is 342 g/mol. The highest BCUT2D eigenvalue weighted by molar-refractivity contribution is 6.30. The normalized spacial score (nSPS) is 10.5. The summed E-state index contributed by atoms with van der Waals surface area (Å²) in [6.45, 7) is 0. The van der Waals surface area contributed by atoms with Gasteiger partial charge in [-0.2, -0.15) is 5.10 Å². The molecule has 0 aliphatic heterocycles. The Bertz CT molecular complexity index is 918. The molecular formula is C17H11ClN2O4. The van der Waals surface area contributed by atoms with E-state index in [0.717, 1.165) is 0 Å². The van der Waals surface area contributed by atoms with Crippen LogP contribution in [0.1, 0.15) is 20.8 Å². The number of carboxylic acids is 2. The fourth-order valence-corrected chi connectivity index (χ4v) is 2.53. The van der Waals surface area contributed by atoms with Crippen LogP contribution < -0.4 is 0 Å². The van der Waals surface area contributed by atoms with Crippen molar-refractivity contribution in [3.63, 3.8) is 0 Å². The van der Waals surface area contributed by atoms with Crippen molar-refractivity contribution in [2.24, 2.45) is 0 Å². The molecule has 7 heteroatoms. The average molecular weight is 343 g/mol. The summed E-state index contributed by atoms with van der Waals surface area (Å²) in [4.78, 5) is 23.1. The Balaban J connectivity index is 2.36. The largest absolute Gasteiger partial charge is 0.478 e. The number of aromatic carboxylic acids is 2. The van der Waals surface area contributed by atoms with E-state index in [0.29, 0.717) is 16.3 Å². The van der Waals surface area contributed by atoms with E-state index in [1.807, 2.05) is 0 Å². The number of benzene rings is 2. The van der Waals surface area contributed by atoms with Gasteiger partial charge in [0.05, 0.1) is 11.4 Å². The molecule has 1 heterocycles. The highest BCUT2D eigenvalue weighted by Gasteiger charge is 2.29. The number of hydrogen-bond acceptors (Lipinski definition) is 3. The summed E-state index contributed by atoms with van der Waals surface area (Å²) in [6.07, 6.45) is 0. The first kappa shape index (κ1) is 15.8.